The van der Waals surface area contributed by atoms with Gasteiger partial charge >= 0.3 is 0 Å². The first-order valence-corrected chi connectivity index (χ1v) is 17.4. The number of amides is 2. The zero-order chi connectivity index (χ0) is 33.0. The molecule has 1 saturated heterocycles. The van der Waals surface area contributed by atoms with Crippen molar-refractivity contribution < 1.29 is 14.0 Å². The molecular formula is C39H49FN3O2P. The lowest BCUT2D eigenvalue weighted by Gasteiger charge is -2.33. The van der Waals surface area contributed by atoms with Crippen LogP contribution in [0.2, 0.25) is 0 Å². The first kappa shape index (κ1) is 34.0. The van der Waals surface area contributed by atoms with E-state index in [0.29, 0.717) is 12.8 Å². The molecule has 2 aromatic rings. The monoisotopic (exact) mass is 641 g/mol. The predicted molar refractivity (Wildman–Crippen MR) is 190 cm³/mol. The minimum Gasteiger partial charge on any atom is -0.351 e. The molecule has 0 aromatic heterocycles. The Balaban J connectivity index is 0.00000204. The van der Waals surface area contributed by atoms with Gasteiger partial charge in [0.05, 0.1) is 6.54 Å². The highest BCUT2D eigenvalue weighted by molar-refractivity contribution is 7.18. The van der Waals surface area contributed by atoms with Gasteiger partial charge in [0, 0.05) is 30.1 Å². The van der Waals surface area contributed by atoms with Gasteiger partial charge in [0.15, 0.2) is 0 Å². The minimum absolute atomic E-state index is 0.0395. The summed E-state index contributed by atoms with van der Waals surface area (Å²) in [4.78, 5) is 29.6. The third-order valence-corrected chi connectivity index (χ3v) is 9.96. The van der Waals surface area contributed by atoms with Crippen LogP contribution in [0.25, 0.3) is 11.1 Å². The highest BCUT2D eigenvalue weighted by Crippen LogP contribution is 2.51. The molecule has 3 aliphatic carbocycles. The number of nitrogens with one attached hydrogen (secondary N) is 2. The predicted octanol–water partition coefficient (Wildman–Crippen LogP) is 7.41. The van der Waals surface area contributed by atoms with Crippen molar-refractivity contribution in [3.63, 3.8) is 0 Å². The molecule has 1 aliphatic heterocycles. The Kier molecular flexibility index (Phi) is 10.5. The third-order valence-electron chi connectivity index (χ3n) is 9.75. The maximum atomic E-state index is 14.4. The van der Waals surface area contributed by atoms with Gasteiger partial charge in [0.25, 0.3) is 0 Å². The van der Waals surface area contributed by atoms with Crippen molar-refractivity contribution >= 4 is 21.1 Å². The van der Waals surface area contributed by atoms with Crippen molar-refractivity contribution in [2.45, 2.75) is 76.7 Å². The van der Waals surface area contributed by atoms with Crippen molar-refractivity contribution in [2.75, 3.05) is 26.2 Å². The van der Waals surface area contributed by atoms with Gasteiger partial charge in [0.1, 0.15) is 10.8 Å². The molecule has 4 atom stereocenters. The molecule has 6 rings (SSSR count). The van der Waals surface area contributed by atoms with E-state index in [-0.39, 0.29) is 29.8 Å². The number of hydrogen-bond acceptors (Lipinski definition) is 3. The normalized spacial score (nSPS) is 23.5. The van der Waals surface area contributed by atoms with Crippen LogP contribution >= 0.6 is 9.24 Å². The maximum absolute atomic E-state index is 14.4. The average Bonchev–Trinajstić information content (AvgIpc) is 3.62. The topological polar surface area (TPSA) is 61.4 Å². The standard InChI is InChI=1S/C37H43FN3O2P.C2H6/c1-35-19-8-7-11-27(35)17-16-26(23-35)33(42)40-28-18-22-41(24-28)21-10-9-20-37(34(43)39-25-36(2,38)44)31-14-5-3-12-29(31)30-13-4-6-15-32(30)37;1-2/h3-8,11-17,19,28H,9-10,18,20-25,44H2,1-2H3,(H,39,43)(H,40,42);1-2H3. The number of likely N-dealkylation sites (tertiary alicyclic amines) is 1. The van der Waals surface area contributed by atoms with Crippen LogP contribution in [0.1, 0.15) is 70.9 Å². The van der Waals surface area contributed by atoms with Crippen LogP contribution in [-0.4, -0.2) is 54.3 Å². The molecule has 4 aliphatic rings. The van der Waals surface area contributed by atoms with Crippen LogP contribution in [0.4, 0.5) is 4.39 Å². The summed E-state index contributed by atoms with van der Waals surface area (Å²) in [6.45, 7) is 10.3. The molecule has 0 spiro atoms. The Hall–Kier alpha value is -3.34. The van der Waals surface area contributed by atoms with E-state index in [0.717, 1.165) is 66.7 Å². The van der Waals surface area contributed by atoms with Gasteiger partial charge in [-0.3, -0.25) is 9.59 Å². The summed E-state index contributed by atoms with van der Waals surface area (Å²) in [5.41, 5.74) is 5.27. The quantitative estimate of drug-likeness (QED) is 0.210. The van der Waals surface area contributed by atoms with E-state index in [4.69, 9.17) is 0 Å². The molecule has 4 unspecified atom stereocenters. The van der Waals surface area contributed by atoms with E-state index in [1.54, 1.807) is 0 Å². The Morgan fingerprint density at radius 3 is 2.37 bits per heavy atom. The number of carbonyl (C=O) groups excluding carboxylic acids is 2. The fourth-order valence-corrected chi connectivity index (χ4v) is 7.54. The van der Waals surface area contributed by atoms with Crippen LogP contribution in [0.3, 0.4) is 0 Å². The number of unbranched alkanes of at least 4 members (excludes halogenated alkanes) is 1. The highest BCUT2D eigenvalue weighted by atomic mass is 31.0. The summed E-state index contributed by atoms with van der Waals surface area (Å²) in [5.74, 6) is -0.101. The van der Waals surface area contributed by atoms with Gasteiger partial charge in [-0.2, -0.15) is 0 Å². The van der Waals surface area contributed by atoms with E-state index in [9.17, 15) is 14.0 Å². The van der Waals surface area contributed by atoms with Gasteiger partial charge in [-0.15, -0.1) is 0 Å². The molecule has 2 N–H and O–H groups in total. The first-order chi connectivity index (χ1) is 22.1. The van der Waals surface area contributed by atoms with E-state index in [2.05, 4.69) is 80.3 Å². The van der Waals surface area contributed by atoms with E-state index in [1.807, 2.05) is 50.3 Å². The Labute approximate surface area is 276 Å². The summed E-state index contributed by atoms with van der Waals surface area (Å²) < 4.78 is 14.4. The molecule has 0 bridgehead atoms. The van der Waals surface area contributed by atoms with Crippen molar-refractivity contribution in [3.05, 3.63) is 107 Å². The minimum atomic E-state index is -1.58. The van der Waals surface area contributed by atoms with Crippen LogP contribution in [0.15, 0.2) is 96.1 Å². The summed E-state index contributed by atoms with van der Waals surface area (Å²) >= 11 is 0. The second-order valence-corrected chi connectivity index (χ2v) is 14.5. The van der Waals surface area contributed by atoms with Gasteiger partial charge in [-0.05, 0) is 67.0 Å². The van der Waals surface area contributed by atoms with Crippen LogP contribution < -0.4 is 10.6 Å². The van der Waals surface area contributed by atoms with E-state index >= 15 is 0 Å². The fourth-order valence-electron chi connectivity index (χ4n) is 7.44. The summed E-state index contributed by atoms with van der Waals surface area (Å²) in [5, 5.41) is 4.65. The van der Waals surface area contributed by atoms with E-state index < -0.39 is 10.8 Å². The molecule has 0 saturated carbocycles. The zero-order valence-corrected chi connectivity index (χ0v) is 28.9. The first-order valence-electron chi connectivity index (χ1n) is 16.9. The smallest absolute Gasteiger partial charge is 0.247 e. The van der Waals surface area contributed by atoms with Gasteiger partial charge < -0.3 is 15.5 Å². The second-order valence-electron chi connectivity index (χ2n) is 13.3. The molecule has 7 heteroatoms. The average molecular weight is 642 g/mol. The molecule has 0 radical (unpaired) electrons. The van der Waals surface area contributed by atoms with Gasteiger partial charge in [0.2, 0.25) is 11.8 Å². The Morgan fingerprint density at radius 2 is 1.70 bits per heavy atom. The molecule has 1 fully saturated rings. The van der Waals surface area contributed by atoms with Crippen LogP contribution in [0, 0.1) is 5.41 Å². The number of rotatable bonds is 10. The molecule has 1 heterocycles. The number of nitrogens with zero attached hydrogens (tertiary/aromatic N) is 1. The van der Waals surface area contributed by atoms with Gasteiger partial charge in [-0.25, -0.2) is 4.39 Å². The van der Waals surface area contributed by atoms with Crippen LogP contribution in [-0.2, 0) is 15.0 Å². The lowest BCUT2D eigenvalue weighted by molar-refractivity contribution is -0.126. The number of hydrogen-bond donors (Lipinski definition) is 2. The number of halogens is 1. The maximum Gasteiger partial charge on any atom is 0.247 e. The van der Waals surface area contributed by atoms with Crippen molar-refractivity contribution in [2.24, 2.45) is 5.41 Å². The lowest BCUT2D eigenvalue weighted by Crippen LogP contribution is -2.47. The number of fused-ring (bicyclic) bond motifs is 4. The molecule has 5 nitrogen and oxygen atoms in total. The fraction of sp³-hybridized carbons (Fsp3) is 0.436. The number of carbonyl (C=O) groups is 2. The van der Waals surface area contributed by atoms with Crippen molar-refractivity contribution in [1.82, 2.24) is 15.5 Å². The van der Waals surface area contributed by atoms with Crippen molar-refractivity contribution in [1.29, 1.82) is 0 Å². The molecular weight excluding hydrogens is 592 g/mol. The summed E-state index contributed by atoms with van der Waals surface area (Å²) in [7, 11) is 2.18. The van der Waals surface area contributed by atoms with Crippen molar-refractivity contribution in [3.8, 4) is 11.1 Å². The third kappa shape index (κ3) is 6.99. The molecule has 46 heavy (non-hydrogen) atoms. The van der Waals surface area contributed by atoms with E-state index in [1.165, 1.54) is 12.5 Å². The number of alkyl halides is 1. The molecule has 244 valence electrons. The highest BCUT2D eigenvalue weighted by Gasteiger charge is 2.48. The Bertz CT molecular complexity index is 1520. The largest absolute Gasteiger partial charge is 0.351 e. The molecule has 2 amide bonds. The molecule has 2 aromatic carbocycles. The second kappa shape index (κ2) is 14.2. The SMILES string of the molecule is CC.CC(F)(P)CNC(=O)C1(CCCCN2CCC(NC(=O)C3=CC=C4C=CC=CC4(C)C3)C2)c2ccccc2-c2ccccc21. The van der Waals surface area contributed by atoms with Crippen LogP contribution in [0.5, 0.6) is 0 Å². The number of benzene rings is 2. The van der Waals surface area contributed by atoms with Gasteiger partial charge in [-0.1, -0.05) is 121 Å². The Morgan fingerprint density at radius 1 is 1.02 bits per heavy atom. The zero-order valence-electron chi connectivity index (χ0n) is 27.7. The lowest BCUT2D eigenvalue weighted by atomic mass is 9.71. The number of allylic oxidation sites excluding steroid dienone is 7. The summed E-state index contributed by atoms with van der Waals surface area (Å²) in [6.07, 6.45) is 16.5. The summed E-state index contributed by atoms with van der Waals surface area (Å²) in [6, 6.07) is 16.4.